The van der Waals surface area contributed by atoms with Gasteiger partial charge in [0.25, 0.3) is 17.0 Å². The first-order valence-corrected chi connectivity index (χ1v) is 10.0. The van der Waals surface area contributed by atoms with Gasteiger partial charge in [0.1, 0.15) is 11.6 Å². The number of benzene rings is 2. The molecule has 2 amide bonds. The highest BCUT2D eigenvalue weighted by molar-refractivity contribution is 8.18. The smallest absolute Gasteiger partial charge is 0.293 e. The summed E-state index contributed by atoms with van der Waals surface area (Å²) in [5.74, 6) is -1.91. The van der Waals surface area contributed by atoms with Crippen molar-refractivity contribution in [1.82, 2.24) is 14.9 Å². The fourth-order valence-electron chi connectivity index (χ4n) is 2.77. The zero-order chi connectivity index (χ0) is 22.0. The van der Waals surface area contributed by atoms with Crippen molar-refractivity contribution in [3.05, 3.63) is 87.7 Å². The molecule has 0 saturated carbocycles. The summed E-state index contributed by atoms with van der Waals surface area (Å²) in [5.41, 5.74) is 0.779. The third-order valence-corrected chi connectivity index (χ3v) is 5.30. The normalized spacial score (nSPS) is 15.1. The zero-order valence-corrected chi connectivity index (χ0v) is 17.2. The summed E-state index contributed by atoms with van der Waals surface area (Å²) in [6.45, 7) is -0.161. The van der Waals surface area contributed by atoms with Crippen LogP contribution >= 0.6 is 23.4 Å². The molecule has 1 aromatic heterocycles. The first-order chi connectivity index (χ1) is 14.9. The van der Waals surface area contributed by atoms with Crippen molar-refractivity contribution in [2.75, 3.05) is 0 Å². The van der Waals surface area contributed by atoms with Gasteiger partial charge in [-0.2, -0.15) is 9.37 Å². The fourth-order valence-corrected chi connectivity index (χ4v) is 3.73. The van der Waals surface area contributed by atoms with Gasteiger partial charge in [-0.3, -0.25) is 14.5 Å². The first-order valence-electron chi connectivity index (χ1n) is 8.85. The summed E-state index contributed by atoms with van der Waals surface area (Å²) >= 11 is 6.41. The lowest BCUT2D eigenvalue weighted by atomic mass is 10.2. The van der Waals surface area contributed by atoms with Crippen molar-refractivity contribution in [3.8, 4) is 11.6 Å². The van der Waals surface area contributed by atoms with Gasteiger partial charge in [0.2, 0.25) is 11.1 Å². The van der Waals surface area contributed by atoms with Gasteiger partial charge < -0.3 is 4.74 Å². The highest BCUT2D eigenvalue weighted by Gasteiger charge is 2.35. The molecule has 0 spiro atoms. The lowest BCUT2D eigenvalue weighted by Crippen LogP contribution is -2.27. The summed E-state index contributed by atoms with van der Waals surface area (Å²) in [6.07, 6.45) is 2.39. The van der Waals surface area contributed by atoms with Crippen LogP contribution in [0.2, 0.25) is 5.28 Å². The Kier molecular flexibility index (Phi) is 5.97. The Morgan fingerprint density at radius 2 is 1.90 bits per heavy atom. The van der Waals surface area contributed by atoms with E-state index in [1.54, 1.807) is 30.3 Å². The van der Waals surface area contributed by atoms with E-state index in [0.717, 1.165) is 22.9 Å². The largest absolute Gasteiger partial charge is 0.436 e. The van der Waals surface area contributed by atoms with Crippen LogP contribution in [0.3, 0.4) is 0 Å². The van der Waals surface area contributed by atoms with Gasteiger partial charge in [-0.15, -0.1) is 0 Å². The van der Waals surface area contributed by atoms with Gasteiger partial charge >= 0.3 is 0 Å². The van der Waals surface area contributed by atoms with Crippen molar-refractivity contribution in [2.45, 2.75) is 6.54 Å². The lowest BCUT2D eigenvalue weighted by molar-refractivity contribution is -0.123. The lowest BCUT2D eigenvalue weighted by Gasteiger charge is -2.12. The van der Waals surface area contributed by atoms with Gasteiger partial charge in [0, 0.05) is 5.56 Å². The van der Waals surface area contributed by atoms with Crippen molar-refractivity contribution in [3.63, 3.8) is 0 Å². The standard InChI is InChI=1S/C21H12ClF2N3O3S/c22-20-25-10-16(24)18(26-20)30-14-6-3-4-12(8-14)9-17-19(28)27(21(29)31-17)11-13-5-1-2-7-15(13)23/h1-10H,11H2/b17-9+. The van der Waals surface area contributed by atoms with E-state index < -0.39 is 22.8 Å². The Bertz CT molecular complexity index is 1220. The molecule has 6 nitrogen and oxygen atoms in total. The molecular weight excluding hydrogens is 448 g/mol. The second kappa shape index (κ2) is 8.83. The topological polar surface area (TPSA) is 72.4 Å². The molecule has 0 unspecified atom stereocenters. The molecule has 1 aliphatic heterocycles. The molecule has 0 atom stereocenters. The number of rotatable bonds is 5. The van der Waals surface area contributed by atoms with Crippen LogP contribution in [0.15, 0.2) is 59.6 Å². The number of ether oxygens (including phenoxy) is 1. The zero-order valence-electron chi connectivity index (χ0n) is 15.6. The molecule has 31 heavy (non-hydrogen) atoms. The number of thioether (sulfide) groups is 1. The third kappa shape index (κ3) is 4.73. The van der Waals surface area contributed by atoms with Gasteiger partial charge in [0.05, 0.1) is 17.6 Å². The Balaban J connectivity index is 1.54. The molecule has 0 N–H and O–H groups in total. The van der Waals surface area contributed by atoms with E-state index in [-0.39, 0.29) is 33.9 Å². The van der Waals surface area contributed by atoms with Crippen LogP contribution in [0.5, 0.6) is 11.6 Å². The number of nitrogens with zero attached hydrogens (tertiary/aromatic N) is 3. The van der Waals surface area contributed by atoms with E-state index in [1.165, 1.54) is 24.3 Å². The maximum absolute atomic E-state index is 13.9. The number of hydrogen-bond acceptors (Lipinski definition) is 6. The molecule has 1 aliphatic rings. The molecule has 10 heteroatoms. The summed E-state index contributed by atoms with van der Waals surface area (Å²) in [5, 5.41) is -0.666. The number of amides is 2. The summed E-state index contributed by atoms with van der Waals surface area (Å²) < 4.78 is 33.1. The number of hydrogen-bond donors (Lipinski definition) is 0. The summed E-state index contributed by atoms with van der Waals surface area (Å²) in [6, 6.07) is 12.4. The predicted molar refractivity (Wildman–Crippen MR) is 111 cm³/mol. The SMILES string of the molecule is O=C1S/C(=C/c2cccc(Oc3nc(Cl)ncc3F)c2)C(=O)N1Cc1ccccc1F. The molecule has 2 heterocycles. The maximum Gasteiger partial charge on any atom is 0.293 e. The van der Waals surface area contributed by atoms with Crippen LogP contribution in [-0.4, -0.2) is 26.0 Å². The number of carbonyl (C=O) groups is 2. The van der Waals surface area contributed by atoms with E-state index in [4.69, 9.17) is 16.3 Å². The molecule has 0 aliphatic carbocycles. The summed E-state index contributed by atoms with van der Waals surface area (Å²) in [4.78, 5) is 33.3. The molecule has 1 saturated heterocycles. The Hall–Kier alpha value is -3.30. The predicted octanol–water partition coefficient (Wildman–Crippen LogP) is 5.44. The molecule has 3 aromatic rings. The van der Waals surface area contributed by atoms with Crippen molar-refractivity contribution in [1.29, 1.82) is 0 Å². The van der Waals surface area contributed by atoms with Crippen LogP contribution in [0.25, 0.3) is 6.08 Å². The second-order valence-corrected chi connectivity index (χ2v) is 7.66. The van der Waals surface area contributed by atoms with Crippen LogP contribution in [0, 0.1) is 11.6 Å². The van der Waals surface area contributed by atoms with Crippen LogP contribution in [0.4, 0.5) is 13.6 Å². The minimum Gasteiger partial charge on any atom is -0.436 e. The number of aromatic nitrogens is 2. The monoisotopic (exact) mass is 459 g/mol. The van der Waals surface area contributed by atoms with E-state index in [0.29, 0.717) is 5.56 Å². The number of halogens is 3. The number of carbonyl (C=O) groups excluding carboxylic acids is 2. The minimum absolute atomic E-state index is 0.161. The van der Waals surface area contributed by atoms with Crippen LogP contribution < -0.4 is 4.74 Å². The van der Waals surface area contributed by atoms with Crippen molar-refractivity contribution < 1.29 is 23.1 Å². The van der Waals surface area contributed by atoms with Gasteiger partial charge in [0.15, 0.2) is 0 Å². The first kappa shape index (κ1) is 21.0. The van der Waals surface area contributed by atoms with E-state index in [9.17, 15) is 18.4 Å². The molecule has 2 aromatic carbocycles. The molecule has 1 fully saturated rings. The molecule has 156 valence electrons. The highest BCUT2D eigenvalue weighted by Crippen LogP contribution is 2.34. The molecule has 0 bridgehead atoms. The van der Waals surface area contributed by atoms with Gasteiger partial charge in [-0.25, -0.2) is 9.37 Å². The maximum atomic E-state index is 13.9. The van der Waals surface area contributed by atoms with Gasteiger partial charge in [-0.05, 0) is 53.2 Å². The highest BCUT2D eigenvalue weighted by atomic mass is 35.5. The Morgan fingerprint density at radius 1 is 1.10 bits per heavy atom. The number of imide groups is 1. The molecular formula is C21H12ClF2N3O3S. The van der Waals surface area contributed by atoms with Crippen molar-refractivity contribution >= 4 is 40.6 Å². The average molecular weight is 460 g/mol. The Labute approximate surface area is 184 Å². The average Bonchev–Trinajstić information content (AvgIpc) is 3.00. The van der Waals surface area contributed by atoms with E-state index in [1.807, 2.05) is 0 Å². The third-order valence-electron chi connectivity index (χ3n) is 4.21. The fraction of sp³-hybridized carbons (Fsp3) is 0.0476. The minimum atomic E-state index is -0.788. The van der Waals surface area contributed by atoms with Crippen molar-refractivity contribution in [2.24, 2.45) is 0 Å². The summed E-state index contributed by atoms with van der Waals surface area (Å²) in [7, 11) is 0. The Morgan fingerprint density at radius 3 is 2.71 bits per heavy atom. The van der Waals surface area contributed by atoms with E-state index >= 15 is 0 Å². The van der Waals surface area contributed by atoms with Crippen LogP contribution in [0.1, 0.15) is 11.1 Å². The second-order valence-electron chi connectivity index (χ2n) is 6.33. The molecule has 4 rings (SSSR count). The van der Waals surface area contributed by atoms with E-state index in [2.05, 4.69) is 9.97 Å². The molecule has 0 radical (unpaired) electrons. The van der Waals surface area contributed by atoms with Gasteiger partial charge in [-0.1, -0.05) is 30.3 Å². The van der Waals surface area contributed by atoms with Crippen LogP contribution in [-0.2, 0) is 11.3 Å². The quantitative estimate of drug-likeness (QED) is 0.374.